The second kappa shape index (κ2) is 6.83. The van der Waals surface area contributed by atoms with Crippen LogP contribution in [0.1, 0.15) is 38.3 Å². The summed E-state index contributed by atoms with van der Waals surface area (Å²) in [5.41, 5.74) is 0.551. The smallest absolute Gasteiger partial charge is 0.315 e. The number of esters is 1. The topological polar surface area (TPSA) is 61.3 Å². The third-order valence-corrected chi connectivity index (χ3v) is 2.36. The molecule has 0 aromatic carbocycles. The first-order valence-electron chi connectivity index (χ1n) is 5.76. The van der Waals surface area contributed by atoms with Crippen molar-refractivity contribution in [2.75, 3.05) is 13.7 Å². The SMILES string of the molecule is CCCC(C(=O)OCC)c1nccnc1OC. The molecule has 0 radical (unpaired) electrons. The van der Waals surface area contributed by atoms with E-state index < -0.39 is 5.92 Å². The summed E-state index contributed by atoms with van der Waals surface area (Å²) in [5.74, 6) is -0.282. The van der Waals surface area contributed by atoms with Crippen LogP contribution < -0.4 is 4.74 Å². The second-order valence-electron chi connectivity index (χ2n) is 3.54. The maximum absolute atomic E-state index is 11.9. The van der Waals surface area contributed by atoms with Crippen LogP contribution in [0.2, 0.25) is 0 Å². The number of carbonyl (C=O) groups is 1. The van der Waals surface area contributed by atoms with Crippen LogP contribution in [0.15, 0.2) is 12.4 Å². The third-order valence-electron chi connectivity index (χ3n) is 2.36. The van der Waals surface area contributed by atoms with Crippen molar-refractivity contribution < 1.29 is 14.3 Å². The molecule has 5 nitrogen and oxygen atoms in total. The molecule has 17 heavy (non-hydrogen) atoms. The van der Waals surface area contributed by atoms with Crippen molar-refractivity contribution in [1.29, 1.82) is 0 Å². The van der Waals surface area contributed by atoms with Crippen molar-refractivity contribution in [3.8, 4) is 5.88 Å². The van der Waals surface area contributed by atoms with E-state index in [9.17, 15) is 4.79 Å². The molecular weight excluding hydrogens is 220 g/mol. The molecule has 0 saturated heterocycles. The van der Waals surface area contributed by atoms with Gasteiger partial charge in [0.05, 0.1) is 13.7 Å². The van der Waals surface area contributed by atoms with Crippen LogP contribution in [0.3, 0.4) is 0 Å². The summed E-state index contributed by atoms with van der Waals surface area (Å²) >= 11 is 0. The van der Waals surface area contributed by atoms with Crippen LogP contribution in [0.25, 0.3) is 0 Å². The van der Waals surface area contributed by atoms with Crippen molar-refractivity contribution in [2.45, 2.75) is 32.6 Å². The first kappa shape index (κ1) is 13.4. The Balaban J connectivity index is 3.00. The Bertz CT molecular complexity index is 369. The third kappa shape index (κ3) is 3.41. The quantitative estimate of drug-likeness (QED) is 0.709. The molecule has 0 N–H and O–H groups in total. The molecule has 0 spiro atoms. The number of ether oxygens (including phenoxy) is 2. The lowest BCUT2D eigenvalue weighted by atomic mass is 10.00. The molecule has 94 valence electrons. The fourth-order valence-electron chi connectivity index (χ4n) is 1.63. The molecule has 0 fully saturated rings. The van der Waals surface area contributed by atoms with Gasteiger partial charge in [-0.1, -0.05) is 13.3 Å². The fraction of sp³-hybridized carbons (Fsp3) is 0.583. The van der Waals surface area contributed by atoms with Gasteiger partial charge in [-0.05, 0) is 13.3 Å². The Hall–Kier alpha value is -1.65. The zero-order valence-electron chi connectivity index (χ0n) is 10.5. The van der Waals surface area contributed by atoms with Crippen LogP contribution in [0.5, 0.6) is 5.88 Å². The molecule has 1 atom stereocenters. The summed E-state index contributed by atoms with van der Waals surface area (Å²) in [5, 5.41) is 0. The van der Waals surface area contributed by atoms with E-state index in [2.05, 4.69) is 9.97 Å². The Labute approximate surface area is 101 Å². The van der Waals surface area contributed by atoms with E-state index >= 15 is 0 Å². The molecule has 1 rings (SSSR count). The maximum Gasteiger partial charge on any atom is 0.315 e. The second-order valence-corrected chi connectivity index (χ2v) is 3.54. The number of hydrogen-bond donors (Lipinski definition) is 0. The zero-order valence-corrected chi connectivity index (χ0v) is 10.5. The molecule has 0 aliphatic heterocycles. The summed E-state index contributed by atoms with van der Waals surface area (Å²) in [7, 11) is 1.52. The van der Waals surface area contributed by atoms with Crippen molar-refractivity contribution in [3.05, 3.63) is 18.1 Å². The maximum atomic E-state index is 11.9. The van der Waals surface area contributed by atoms with E-state index in [-0.39, 0.29) is 5.97 Å². The van der Waals surface area contributed by atoms with Crippen LogP contribution in [0, 0.1) is 0 Å². The highest BCUT2D eigenvalue weighted by molar-refractivity contribution is 5.78. The van der Waals surface area contributed by atoms with E-state index in [1.54, 1.807) is 13.1 Å². The van der Waals surface area contributed by atoms with Gasteiger partial charge < -0.3 is 9.47 Å². The minimum absolute atomic E-state index is 0.270. The van der Waals surface area contributed by atoms with Crippen molar-refractivity contribution in [1.82, 2.24) is 9.97 Å². The monoisotopic (exact) mass is 238 g/mol. The number of methoxy groups -OCH3 is 1. The van der Waals surface area contributed by atoms with E-state index in [1.807, 2.05) is 6.92 Å². The van der Waals surface area contributed by atoms with E-state index in [1.165, 1.54) is 13.3 Å². The van der Waals surface area contributed by atoms with Crippen LogP contribution in [-0.2, 0) is 9.53 Å². The van der Waals surface area contributed by atoms with Crippen molar-refractivity contribution in [2.24, 2.45) is 0 Å². The van der Waals surface area contributed by atoms with Crippen molar-refractivity contribution >= 4 is 5.97 Å². The highest BCUT2D eigenvalue weighted by Gasteiger charge is 2.26. The average molecular weight is 238 g/mol. The molecule has 0 aliphatic carbocycles. The molecule has 0 aliphatic rings. The van der Waals surface area contributed by atoms with Gasteiger partial charge in [-0.25, -0.2) is 4.98 Å². The first-order valence-corrected chi connectivity index (χ1v) is 5.76. The van der Waals surface area contributed by atoms with Gasteiger partial charge in [0.1, 0.15) is 11.6 Å². The molecule has 5 heteroatoms. The Morgan fingerprint density at radius 1 is 1.35 bits per heavy atom. The number of rotatable bonds is 6. The molecule has 1 unspecified atom stereocenters. The molecule has 1 aromatic heterocycles. The fourth-order valence-corrected chi connectivity index (χ4v) is 1.63. The zero-order chi connectivity index (χ0) is 12.7. The van der Waals surface area contributed by atoms with Gasteiger partial charge in [-0.2, -0.15) is 0 Å². The minimum Gasteiger partial charge on any atom is -0.480 e. The van der Waals surface area contributed by atoms with E-state index in [4.69, 9.17) is 9.47 Å². The lowest BCUT2D eigenvalue weighted by Gasteiger charge is -2.15. The standard InChI is InChI=1S/C12H18N2O3/c1-4-6-9(12(15)17-5-2)10-11(16-3)14-8-7-13-10/h7-9H,4-6H2,1-3H3. The average Bonchev–Trinajstić information content (AvgIpc) is 2.36. The molecule has 1 aromatic rings. The number of hydrogen-bond acceptors (Lipinski definition) is 5. The highest BCUT2D eigenvalue weighted by atomic mass is 16.5. The lowest BCUT2D eigenvalue weighted by molar-refractivity contribution is -0.145. The number of nitrogens with zero attached hydrogens (tertiary/aromatic N) is 2. The summed E-state index contributed by atoms with van der Waals surface area (Å²) in [6.45, 7) is 4.16. The van der Waals surface area contributed by atoms with Gasteiger partial charge in [0.2, 0.25) is 5.88 Å². The minimum atomic E-state index is -0.399. The number of aromatic nitrogens is 2. The first-order chi connectivity index (χ1) is 8.24. The van der Waals surface area contributed by atoms with Gasteiger partial charge in [-0.15, -0.1) is 0 Å². The number of carbonyl (C=O) groups excluding carboxylic acids is 1. The predicted molar refractivity (Wildman–Crippen MR) is 62.9 cm³/mol. The lowest BCUT2D eigenvalue weighted by Crippen LogP contribution is -2.18. The molecule has 0 saturated carbocycles. The molecular formula is C12H18N2O3. The van der Waals surface area contributed by atoms with Gasteiger partial charge in [0.25, 0.3) is 0 Å². The molecule has 1 heterocycles. The van der Waals surface area contributed by atoms with Gasteiger partial charge in [0.15, 0.2) is 0 Å². The normalized spacial score (nSPS) is 11.9. The molecule has 0 amide bonds. The Morgan fingerprint density at radius 3 is 2.65 bits per heavy atom. The molecule has 0 bridgehead atoms. The summed E-state index contributed by atoms with van der Waals surface area (Å²) < 4.78 is 10.2. The Kier molecular flexibility index (Phi) is 5.39. The van der Waals surface area contributed by atoms with Crippen LogP contribution >= 0.6 is 0 Å². The van der Waals surface area contributed by atoms with Crippen molar-refractivity contribution in [3.63, 3.8) is 0 Å². The highest BCUT2D eigenvalue weighted by Crippen LogP contribution is 2.27. The van der Waals surface area contributed by atoms with E-state index in [0.29, 0.717) is 24.6 Å². The Morgan fingerprint density at radius 2 is 2.06 bits per heavy atom. The van der Waals surface area contributed by atoms with Gasteiger partial charge in [0, 0.05) is 12.4 Å². The predicted octanol–water partition coefficient (Wildman–Crippen LogP) is 1.93. The summed E-state index contributed by atoms with van der Waals surface area (Å²) in [4.78, 5) is 20.1. The summed E-state index contributed by atoms with van der Waals surface area (Å²) in [6.07, 6.45) is 4.63. The van der Waals surface area contributed by atoms with E-state index in [0.717, 1.165) is 6.42 Å². The van der Waals surface area contributed by atoms with Crippen LogP contribution in [-0.4, -0.2) is 29.7 Å². The largest absolute Gasteiger partial charge is 0.480 e. The summed E-state index contributed by atoms with van der Waals surface area (Å²) in [6, 6.07) is 0. The van der Waals surface area contributed by atoms with Gasteiger partial charge in [-0.3, -0.25) is 9.78 Å². The van der Waals surface area contributed by atoms with Crippen LogP contribution in [0.4, 0.5) is 0 Å². The van der Waals surface area contributed by atoms with Gasteiger partial charge >= 0.3 is 5.97 Å².